The first kappa shape index (κ1) is 8.52. The number of hydrogen-bond acceptors (Lipinski definition) is 3. The quantitative estimate of drug-likeness (QED) is 0.785. The number of rotatable bonds is 4. The summed E-state index contributed by atoms with van der Waals surface area (Å²) in [5.74, 6) is 0.957. The lowest BCUT2D eigenvalue weighted by molar-refractivity contribution is 0.797. The predicted octanol–water partition coefficient (Wildman–Crippen LogP) is 1.23. The normalized spacial score (nSPS) is 15.5. The third kappa shape index (κ3) is 1.86. The van der Waals surface area contributed by atoms with E-state index in [1.807, 2.05) is 24.8 Å². The van der Waals surface area contributed by atoms with Crippen LogP contribution in [0.15, 0.2) is 24.8 Å². The van der Waals surface area contributed by atoms with Gasteiger partial charge in [0.1, 0.15) is 0 Å². The van der Waals surface area contributed by atoms with Crippen LogP contribution in [-0.2, 0) is 6.54 Å². The molecule has 2 N–H and O–H groups in total. The molecule has 15 heavy (non-hydrogen) atoms. The first-order valence-electron chi connectivity index (χ1n) is 5.17. The maximum absolute atomic E-state index is 4.30. The molecule has 1 aliphatic carbocycles. The van der Waals surface area contributed by atoms with E-state index < -0.39 is 0 Å². The van der Waals surface area contributed by atoms with Crippen LogP contribution in [0.5, 0.6) is 0 Å². The summed E-state index contributed by atoms with van der Waals surface area (Å²) in [6.45, 7) is 0.811. The minimum atomic E-state index is 0.635. The Bertz CT molecular complexity index is 426. The molecule has 78 valence electrons. The van der Waals surface area contributed by atoms with Crippen molar-refractivity contribution in [3.8, 4) is 0 Å². The molecule has 5 nitrogen and oxygen atoms in total. The van der Waals surface area contributed by atoms with Crippen molar-refractivity contribution < 1.29 is 0 Å². The SMILES string of the molecule is c1cn(Cc2cn[nH]c2)c(NC2CC2)n1. The van der Waals surface area contributed by atoms with Crippen molar-refractivity contribution in [3.63, 3.8) is 0 Å². The molecule has 0 spiro atoms. The number of nitrogens with one attached hydrogen (secondary N) is 2. The third-order valence-corrected chi connectivity index (χ3v) is 2.53. The number of imidazole rings is 1. The maximum atomic E-state index is 4.30. The van der Waals surface area contributed by atoms with Crippen molar-refractivity contribution in [2.45, 2.75) is 25.4 Å². The molecule has 0 saturated heterocycles. The Hall–Kier alpha value is -1.78. The van der Waals surface area contributed by atoms with E-state index in [9.17, 15) is 0 Å². The van der Waals surface area contributed by atoms with E-state index in [1.165, 1.54) is 12.8 Å². The average Bonchev–Trinajstić information content (AvgIpc) is 2.75. The molecule has 0 unspecified atom stereocenters. The van der Waals surface area contributed by atoms with Gasteiger partial charge < -0.3 is 9.88 Å². The van der Waals surface area contributed by atoms with Gasteiger partial charge in [0, 0.05) is 30.2 Å². The van der Waals surface area contributed by atoms with Gasteiger partial charge in [0.05, 0.1) is 12.7 Å². The molecule has 1 fully saturated rings. The molecule has 1 aliphatic rings. The van der Waals surface area contributed by atoms with Crippen LogP contribution in [0.2, 0.25) is 0 Å². The number of aromatic amines is 1. The number of anilines is 1. The lowest BCUT2D eigenvalue weighted by Crippen LogP contribution is -2.09. The van der Waals surface area contributed by atoms with Gasteiger partial charge in [0.25, 0.3) is 0 Å². The van der Waals surface area contributed by atoms with Crippen molar-refractivity contribution in [2.24, 2.45) is 0 Å². The fraction of sp³-hybridized carbons (Fsp3) is 0.400. The fourth-order valence-electron chi connectivity index (χ4n) is 1.55. The Labute approximate surface area is 87.5 Å². The minimum Gasteiger partial charge on any atom is -0.353 e. The number of H-pyrrole nitrogens is 1. The van der Waals surface area contributed by atoms with Gasteiger partial charge in [-0.3, -0.25) is 5.10 Å². The molecule has 0 aliphatic heterocycles. The first-order valence-corrected chi connectivity index (χ1v) is 5.17. The Morgan fingerprint density at radius 2 is 2.47 bits per heavy atom. The second-order valence-corrected chi connectivity index (χ2v) is 3.90. The zero-order chi connectivity index (χ0) is 10.1. The van der Waals surface area contributed by atoms with E-state index in [0.717, 1.165) is 18.1 Å². The molecule has 5 heteroatoms. The smallest absolute Gasteiger partial charge is 0.203 e. The highest BCUT2D eigenvalue weighted by atomic mass is 15.2. The average molecular weight is 203 g/mol. The van der Waals surface area contributed by atoms with Gasteiger partial charge in [-0.2, -0.15) is 5.10 Å². The Morgan fingerprint density at radius 1 is 1.53 bits per heavy atom. The van der Waals surface area contributed by atoms with Gasteiger partial charge in [-0.05, 0) is 12.8 Å². The molecule has 0 amide bonds. The maximum Gasteiger partial charge on any atom is 0.203 e. The molecular weight excluding hydrogens is 190 g/mol. The number of nitrogens with zero attached hydrogens (tertiary/aromatic N) is 3. The largest absolute Gasteiger partial charge is 0.353 e. The lowest BCUT2D eigenvalue weighted by Gasteiger charge is -2.07. The van der Waals surface area contributed by atoms with Gasteiger partial charge in [0.2, 0.25) is 5.95 Å². The second kappa shape index (κ2) is 3.42. The second-order valence-electron chi connectivity index (χ2n) is 3.90. The molecule has 0 atom stereocenters. The van der Waals surface area contributed by atoms with Gasteiger partial charge >= 0.3 is 0 Å². The summed E-state index contributed by atoms with van der Waals surface area (Å²) in [6.07, 6.45) is 10.1. The van der Waals surface area contributed by atoms with Crippen LogP contribution < -0.4 is 5.32 Å². The van der Waals surface area contributed by atoms with Gasteiger partial charge in [-0.25, -0.2) is 4.98 Å². The number of aromatic nitrogens is 4. The van der Waals surface area contributed by atoms with E-state index in [4.69, 9.17) is 0 Å². The van der Waals surface area contributed by atoms with E-state index in [1.54, 1.807) is 0 Å². The summed E-state index contributed by atoms with van der Waals surface area (Å²) >= 11 is 0. The van der Waals surface area contributed by atoms with Gasteiger partial charge in [-0.15, -0.1) is 0 Å². The van der Waals surface area contributed by atoms with Crippen LogP contribution in [0, 0.1) is 0 Å². The highest BCUT2D eigenvalue weighted by Gasteiger charge is 2.22. The molecular formula is C10H13N5. The lowest BCUT2D eigenvalue weighted by atomic mass is 10.3. The predicted molar refractivity (Wildman–Crippen MR) is 56.6 cm³/mol. The van der Waals surface area contributed by atoms with Crippen molar-refractivity contribution in [1.82, 2.24) is 19.7 Å². The van der Waals surface area contributed by atoms with Crippen molar-refractivity contribution in [2.75, 3.05) is 5.32 Å². The minimum absolute atomic E-state index is 0.635. The number of hydrogen-bond donors (Lipinski definition) is 2. The molecule has 2 aromatic rings. The zero-order valence-corrected chi connectivity index (χ0v) is 8.35. The van der Waals surface area contributed by atoms with Crippen LogP contribution in [0.1, 0.15) is 18.4 Å². The Kier molecular flexibility index (Phi) is 1.94. The highest BCUT2D eigenvalue weighted by Crippen LogP contribution is 2.23. The van der Waals surface area contributed by atoms with Crippen LogP contribution in [0.25, 0.3) is 0 Å². The van der Waals surface area contributed by atoms with Gasteiger partial charge in [0.15, 0.2) is 0 Å². The molecule has 3 rings (SSSR count). The molecule has 0 bridgehead atoms. The van der Waals surface area contributed by atoms with Crippen molar-refractivity contribution in [3.05, 3.63) is 30.4 Å². The summed E-state index contributed by atoms with van der Waals surface area (Å²) in [7, 11) is 0. The fourth-order valence-corrected chi connectivity index (χ4v) is 1.55. The van der Waals surface area contributed by atoms with Crippen LogP contribution in [0.4, 0.5) is 5.95 Å². The van der Waals surface area contributed by atoms with Crippen molar-refractivity contribution in [1.29, 1.82) is 0 Å². The van der Waals surface area contributed by atoms with Crippen LogP contribution in [-0.4, -0.2) is 25.8 Å². The topological polar surface area (TPSA) is 58.5 Å². The molecule has 0 radical (unpaired) electrons. The van der Waals surface area contributed by atoms with E-state index in [-0.39, 0.29) is 0 Å². The molecule has 0 aromatic carbocycles. The highest BCUT2D eigenvalue weighted by molar-refractivity contribution is 5.30. The van der Waals surface area contributed by atoms with Crippen LogP contribution in [0.3, 0.4) is 0 Å². The monoisotopic (exact) mass is 203 g/mol. The van der Waals surface area contributed by atoms with E-state index in [2.05, 4.69) is 25.1 Å². The first-order chi connectivity index (χ1) is 7.42. The summed E-state index contributed by atoms with van der Waals surface area (Å²) < 4.78 is 2.10. The molecule has 2 heterocycles. The summed E-state index contributed by atoms with van der Waals surface area (Å²) in [5.41, 5.74) is 1.16. The van der Waals surface area contributed by atoms with Crippen LogP contribution >= 0.6 is 0 Å². The Morgan fingerprint density at radius 3 is 3.20 bits per heavy atom. The van der Waals surface area contributed by atoms with Crippen molar-refractivity contribution >= 4 is 5.95 Å². The molecule has 2 aromatic heterocycles. The third-order valence-electron chi connectivity index (χ3n) is 2.53. The Balaban J connectivity index is 1.75. The van der Waals surface area contributed by atoms with E-state index in [0.29, 0.717) is 6.04 Å². The van der Waals surface area contributed by atoms with E-state index >= 15 is 0 Å². The zero-order valence-electron chi connectivity index (χ0n) is 8.35. The molecule has 1 saturated carbocycles. The summed E-state index contributed by atoms with van der Waals surface area (Å²) in [6, 6.07) is 0.635. The summed E-state index contributed by atoms with van der Waals surface area (Å²) in [4.78, 5) is 4.30. The standard InChI is InChI=1S/C10H13N5/c1-2-9(1)14-10-11-3-4-15(10)7-8-5-12-13-6-8/h3-6,9H,1-2,7H2,(H,11,14)(H,12,13). The van der Waals surface area contributed by atoms with Gasteiger partial charge in [-0.1, -0.05) is 0 Å². The summed E-state index contributed by atoms with van der Waals surface area (Å²) in [5, 5.41) is 10.1.